The van der Waals surface area contributed by atoms with E-state index < -0.39 is 27.0 Å². The first kappa shape index (κ1) is 41.1. The fourth-order valence-electron chi connectivity index (χ4n) is 8.28. The molecular weight excluding hydrogens is 625 g/mol. The molecule has 1 aliphatic carbocycles. The Morgan fingerprint density at radius 2 is 0.776 bits per heavy atom. The van der Waals surface area contributed by atoms with Crippen molar-refractivity contribution in [1.29, 1.82) is 0 Å². The molecule has 0 spiro atoms. The SMILES string of the molecule is CCCC[Si](C#C[C@]1(c2ccccc2)CCC[C@@](C#C[Si](CCCC)(CCCC)CCCC)(c2ccccc2)C1=O)(CCCC)CCCC. The Hall–Kier alpha value is -2.34. The van der Waals surface area contributed by atoms with Gasteiger partial charge in [0.25, 0.3) is 0 Å². The zero-order chi connectivity index (χ0) is 35.5. The Morgan fingerprint density at radius 3 is 1.04 bits per heavy atom. The van der Waals surface area contributed by atoms with Crippen LogP contribution in [0.15, 0.2) is 60.7 Å². The van der Waals surface area contributed by atoms with E-state index in [9.17, 15) is 0 Å². The van der Waals surface area contributed by atoms with Crippen molar-refractivity contribution < 1.29 is 4.79 Å². The zero-order valence-electron chi connectivity index (χ0n) is 32.5. The van der Waals surface area contributed by atoms with E-state index in [1.165, 1.54) is 113 Å². The fraction of sp³-hybridized carbons (Fsp3) is 0.630. The van der Waals surface area contributed by atoms with Crippen molar-refractivity contribution in [2.24, 2.45) is 0 Å². The number of carbonyl (C=O) groups is 1. The number of Topliss-reactive ketones (excluding diaryl/α,β-unsaturated/α-hetero) is 1. The molecule has 0 bridgehead atoms. The molecule has 0 radical (unpaired) electrons. The lowest BCUT2D eigenvalue weighted by Gasteiger charge is -2.43. The molecule has 0 saturated heterocycles. The highest BCUT2D eigenvalue weighted by Gasteiger charge is 2.54. The first-order valence-corrected chi connectivity index (χ1v) is 25.8. The molecule has 0 aliphatic heterocycles. The predicted molar refractivity (Wildman–Crippen MR) is 220 cm³/mol. The second kappa shape index (κ2) is 21.1. The minimum atomic E-state index is -1.91. The number of unbranched alkanes of at least 4 members (excludes halogenated alkanes) is 6. The maximum atomic E-state index is 15.9. The number of ketones is 1. The van der Waals surface area contributed by atoms with Crippen LogP contribution in [0.5, 0.6) is 0 Å². The van der Waals surface area contributed by atoms with Crippen molar-refractivity contribution in [2.45, 2.75) is 185 Å². The van der Waals surface area contributed by atoms with Crippen molar-refractivity contribution in [2.75, 3.05) is 0 Å². The quantitative estimate of drug-likeness (QED) is 0.0996. The van der Waals surface area contributed by atoms with Gasteiger partial charge in [-0.1, -0.05) is 191 Å². The van der Waals surface area contributed by atoms with Gasteiger partial charge in [-0.05, 0) is 66.7 Å². The molecular formula is C46H70OSi2. The molecule has 0 amide bonds. The normalized spacial score (nSPS) is 19.5. The van der Waals surface area contributed by atoms with Crippen LogP contribution in [-0.4, -0.2) is 21.9 Å². The molecule has 1 saturated carbocycles. The van der Waals surface area contributed by atoms with Gasteiger partial charge in [-0.2, -0.15) is 0 Å². The minimum Gasteiger partial charge on any atom is -0.295 e. The van der Waals surface area contributed by atoms with Crippen LogP contribution in [0.25, 0.3) is 0 Å². The Balaban J connectivity index is 2.34. The largest absolute Gasteiger partial charge is 0.295 e. The van der Waals surface area contributed by atoms with Crippen LogP contribution in [-0.2, 0) is 15.6 Å². The van der Waals surface area contributed by atoms with Gasteiger partial charge in [0.1, 0.15) is 27.0 Å². The molecule has 0 aromatic heterocycles. The highest BCUT2D eigenvalue weighted by atomic mass is 28.3. The Kier molecular flexibility index (Phi) is 17.7. The molecule has 0 unspecified atom stereocenters. The maximum Gasteiger partial charge on any atom is 0.177 e. The van der Waals surface area contributed by atoms with Crippen molar-refractivity contribution in [1.82, 2.24) is 0 Å². The third kappa shape index (κ3) is 10.8. The van der Waals surface area contributed by atoms with Crippen LogP contribution in [0.4, 0.5) is 0 Å². The summed E-state index contributed by atoms with van der Waals surface area (Å²) in [5.74, 6) is 8.26. The number of carbonyl (C=O) groups excluding carboxylic acids is 1. The van der Waals surface area contributed by atoms with Gasteiger partial charge in [-0.25, -0.2) is 0 Å². The lowest BCUT2D eigenvalue weighted by atomic mass is 9.57. The highest BCUT2D eigenvalue weighted by molar-refractivity contribution is 6.87. The van der Waals surface area contributed by atoms with Gasteiger partial charge in [0.2, 0.25) is 0 Å². The third-order valence-electron chi connectivity index (χ3n) is 11.5. The van der Waals surface area contributed by atoms with Gasteiger partial charge >= 0.3 is 0 Å². The summed E-state index contributed by atoms with van der Waals surface area (Å²) in [6.45, 7) is 13.9. The number of hydrogen-bond acceptors (Lipinski definition) is 1. The second-order valence-electron chi connectivity index (χ2n) is 15.4. The summed E-state index contributed by atoms with van der Waals surface area (Å²) in [4.78, 5) is 15.9. The lowest BCUT2D eigenvalue weighted by molar-refractivity contribution is -0.128. The average Bonchev–Trinajstić information content (AvgIpc) is 3.15. The molecule has 1 fully saturated rings. The van der Waals surface area contributed by atoms with E-state index >= 15 is 4.79 Å². The van der Waals surface area contributed by atoms with Crippen LogP contribution in [0.3, 0.4) is 0 Å². The standard InChI is InChI=1S/C46H70OSi2/c1-7-13-34-48(35-14-8-2,36-15-9-3)40-32-45(42-26-21-19-22-27-42)30-25-31-46(44(45)47,43-28-23-20-24-29-43)33-41-49(37-16-10-4,38-17-11-5)39-18-12-6/h19-24,26-29H,7-18,25,30-31,34-39H2,1-6H3/t45-,46+. The van der Waals surface area contributed by atoms with E-state index in [2.05, 4.69) is 125 Å². The Bertz CT molecular complexity index is 1210. The Morgan fingerprint density at radius 1 is 0.490 bits per heavy atom. The molecule has 1 aliphatic rings. The van der Waals surface area contributed by atoms with E-state index in [1.807, 2.05) is 0 Å². The van der Waals surface area contributed by atoms with E-state index in [4.69, 9.17) is 0 Å². The summed E-state index contributed by atoms with van der Waals surface area (Å²) in [5, 5.41) is 0. The molecule has 3 rings (SSSR count). The summed E-state index contributed by atoms with van der Waals surface area (Å²) < 4.78 is 0. The van der Waals surface area contributed by atoms with Crippen LogP contribution >= 0.6 is 0 Å². The van der Waals surface area contributed by atoms with Gasteiger partial charge in [0, 0.05) is 0 Å². The van der Waals surface area contributed by atoms with Crippen molar-refractivity contribution >= 4 is 21.9 Å². The molecule has 1 nitrogen and oxygen atoms in total. The first-order chi connectivity index (χ1) is 23.9. The van der Waals surface area contributed by atoms with Gasteiger partial charge < -0.3 is 0 Å². The van der Waals surface area contributed by atoms with Crippen LogP contribution < -0.4 is 0 Å². The number of benzene rings is 2. The topological polar surface area (TPSA) is 17.1 Å². The molecule has 2 aromatic rings. The Labute approximate surface area is 305 Å². The average molecular weight is 695 g/mol. The van der Waals surface area contributed by atoms with Crippen molar-refractivity contribution in [3.63, 3.8) is 0 Å². The highest BCUT2D eigenvalue weighted by Crippen LogP contribution is 2.47. The maximum absolute atomic E-state index is 15.9. The molecule has 2 atom stereocenters. The van der Waals surface area contributed by atoms with Gasteiger partial charge in [0.05, 0.1) is 0 Å². The number of rotatable bonds is 20. The minimum absolute atomic E-state index is 0.261. The summed E-state index contributed by atoms with van der Waals surface area (Å²) in [6.07, 6.45) is 17.3. The second-order valence-corrected chi connectivity index (χ2v) is 24.0. The van der Waals surface area contributed by atoms with E-state index in [0.717, 1.165) is 30.4 Å². The summed E-state index contributed by atoms with van der Waals surface area (Å²) in [6, 6.07) is 29.0. The van der Waals surface area contributed by atoms with Gasteiger partial charge in [0.15, 0.2) is 5.78 Å². The number of hydrogen-bond donors (Lipinski definition) is 0. The van der Waals surface area contributed by atoms with Crippen molar-refractivity contribution in [3.8, 4) is 22.9 Å². The molecule has 3 heteroatoms. The van der Waals surface area contributed by atoms with E-state index in [0.29, 0.717) is 0 Å². The molecule has 0 heterocycles. The monoisotopic (exact) mass is 694 g/mol. The van der Waals surface area contributed by atoms with Gasteiger partial charge in [-0.3, -0.25) is 4.79 Å². The first-order valence-electron chi connectivity index (χ1n) is 20.6. The third-order valence-corrected chi connectivity index (χ3v) is 20.7. The molecule has 268 valence electrons. The smallest absolute Gasteiger partial charge is 0.177 e. The lowest BCUT2D eigenvalue weighted by Crippen LogP contribution is -2.52. The van der Waals surface area contributed by atoms with Crippen LogP contribution in [0.2, 0.25) is 36.3 Å². The molecule has 0 N–H and O–H groups in total. The fourth-order valence-corrected chi connectivity index (χ4v) is 17.7. The van der Waals surface area contributed by atoms with E-state index in [1.54, 1.807) is 0 Å². The van der Waals surface area contributed by atoms with Gasteiger partial charge in [-0.15, -0.1) is 11.1 Å². The predicted octanol–water partition coefficient (Wildman–Crippen LogP) is 13.4. The van der Waals surface area contributed by atoms with Crippen LogP contribution in [0, 0.1) is 22.9 Å². The summed E-state index contributed by atoms with van der Waals surface area (Å²) in [7, 11) is -3.83. The molecule has 2 aromatic carbocycles. The molecule has 49 heavy (non-hydrogen) atoms. The van der Waals surface area contributed by atoms with Crippen LogP contribution in [0.1, 0.15) is 149 Å². The van der Waals surface area contributed by atoms with Crippen molar-refractivity contribution in [3.05, 3.63) is 71.8 Å². The summed E-state index contributed by atoms with van der Waals surface area (Å²) >= 11 is 0. The summed E-state index contributed by atoms with van der Waals surface area (Å²) in [5.41, 5.74) is 8.83. The zero-order valence-corrected chi connectivity index (χ0v) is 34.5. The van der Waals surface area contributed by atoms with E-state index in [-0.39, 0.29) is 5.78 Å².